The van der Waals surface area contributed by atoms with Gasteiger partial charge in [0.15, 0.2) is 0 Å². The third-order valence-corrected chi connectivity index (χ3v) is 5.72. The maximum Gasteiger partial charge on any atom is 0.337 e. The molecule has 2 unspecified atom stereocenters. The van der Waals surface area contributed by atoms with Crippen molar-refractivity contribution in [1.82, 2.24) is 9.62 Å². The Bertz CT molecular complexity index is 662. The van der Waals surface area contributed by atoms with Gasteiger partial charge in [-0.05, 0) is 38.5 Å². The summed E-state index contributed by atoms with van der Waals surface area (Å²) in [5, 5.41) is 3.31. The van der Waals surface area contributed by atoms with Crippen LogP contribution in [0.15, 0.2) is 23.1 Å². The number of rotatable bonds is 3. The molecule has 2 atom stereocenters. The van der Waals surface area contributed by atoms with Gasteiger partial charge in [0.1, 0.15) is 0 Å². The summed E-state index contributed by atoms with van der Waals surface area (Å²) in [6.45, 7) is 6.46. The van der Waals surface area contributed by atoms with Crippen LogP contribution in [0, 0.1) is 6.92 Å². The van der Waals surface area contributed by atoms with Gasteiger partial charge >= 0.3 is 5.97 Å². The Labute approximate surface area is 131 Å². The van der Waals surface area contributed by atoms with Gasteiger partial charge in [0.25, 0.3) is 0 Å². The molecule has 0 bridgehead atoms. The molecular weight excluding hydrogens is 304 g/mol. The van der Waals surface area contributed by atoms with Crippen LogP contribution in [-0.2, 0) is 14.8 Å². The number of ether oxygens (including phenoxy) is 1. The average molecular weight is 326 g/mol. The maximum absolute atomic E-state index is 12.9. The van der Waals surface area contributed by atoms with E-state index in [2.05, 4.69) is 10.1 Å². The van der Waals surface area contributed by atoms with Gasteiger partial charge in [-0.2, -0.15) is 4.31 Å². The second-order valence-electron chi connectivity index (χ2n) is 5.76. The molecule has 1 aliphatic rings. The maximum atomic E-state index is 12.9. The van der Waals surface area contributed by atoms with Gasteiger partial charge in [-0.1, -0.05) is 6.07 Å². The molecule has 1 fully saturated rings. The highest BCUT2D eigenvalue weighted by atomic mass is 32.2. The van der Waals surface area contributed by atoms with Crippen LogP contribution in [0.25, 0.3) is 0 Å². The molecule has 6 nitrogen and oxygen atoms in total. The number of nitrogens with zero attached hydrogens (tertiary/aromatic N) is 1. The molecule has 0 saturated carbocycles. The Balaban J connectivity index is 2.42. The molecule has 0 amide bonds. The summed E-state index contributed by atoms with van der Waals surface area (Å²) in [4.78, 5) is 11.8. The summed E-state index contributed by atoms with van der Waals surface area (Å²) in [6, 6.07) is 4.77. The highest BCUT2D eigenvalue weighted by molar-refractivity contribution is 7.89. The number of hydrogen-bond acceptors (Lipinski definition) is 5. The van der Waals surface area contributed by atoms with Crippen molar-refractivity contribution in [3.8, 4) is 0 Å². The highest BCUT2D eigenvalue weighted by Crippen LogP contribution is 2.23. The molecule has 0 radical (unpaired) electrons. The number of nitrogens with one attached hydrogen (secondary N) is 1. The lowest BCUT2D eigenvalue weighted by Crippen LogP contribution is -2.55. The Kier molecular flexibility index (Phi) is 4.89. The van der Waals surface area contributed by atoms with E-state index in [9.17, 15) is 13.2 Å². The zero-order chi connectivity index (χ0) is 16.5. The Morgan fingerprint density at radius 3 is 2.41 bits per heavy atom. The molecule has 7 heteroatoms. The summed E-state index contributed by atoms with van der Waals surface area (Å²) in [5.74, 6) is -0.543. The molecule has 1 saturated heterocycles. The van der Waals surface area contributed by atoms with Crippen LogP contribution in [-0.4, -0.2) is 51.0 Å². The molecule has 1 heterocycles. The zero-order valence-corrected chi connectivity index (χ0v) is 14.1. The van der Waals surface area contributed by atoms with Gasteiger partial charge in [-0.3, -0.25) is 0 Å². The van der Waals surface area contributed by atoms with Crippen LogP contribution >= 0.6 is 0 Å². The lowest BCUT2D eigenvalue weighted by atomic mass is 10.1. The first-order chi connectivity index (χ1) is 10.3. The van der Waals surface area contributed by atoms with Crippen molar-refractivity contribution in [2.75, 3.05) is 20.2 Å². The van der Waals surface area contributed by atoms with Crippen LogP contribution in [0.5, 0.6) is 0 Å². The van der Waals surface area contributed by atoms with E-state index in [1.807, 2.05) is 13.8 Å². The quantitative estimate of drug-likeness (QED) is 0.844. The normalized spacial score (nSPS) is 23.3. The number of methoxy groups -OCH3 is 1. The van der Waals surface area contributed by atoms with Crippen molar-refractivity contribution in [2.45, 2.75) is 37.8 Å². The first-order valence-corrected chi connectivity index (χ1v) is 8.65. The molecule has 1 aromatic carbocycles. The minimum absolute atomic E-state index is 0.0858. The topological polar surface area (TPSA) is 75.7 Å². The minimum Gasteiger partial charge on any atom is -0.465 e. The van der Waals surface area contributed by atoms with Gasteiger partial charge in [0.05, 0.1) is 17.6 Å². The van der Waals surface area contributed by atoms with Crippen LogP contribution in [0.2, 0.25) is 0 Å². The Morgan fingerprint density at radius 1 is 1.27 bits per heavy atom. The van der Waals surface area contributed by atoms with Gasteiger partial charge in [0.2, 0.25) is 10.0 Å². The summed E-state index contributed by atoms with van der Waals surface area (Å²) in [7, 11) is -2.36. The predicted molar refractivity (Wildman–Crippen MR) is 83.3 cm³/mol. The highest BCUT2D eigenvalue weighted by Gasteiger charge is 2.32. The minimum atomic E-state index is -3.64. The third kappa shape index (κ3) is 3.31. The van der Waals surface area contributed by atoms with Gasteiger partial charge in [0, 0.05) is 25.2 Å². The van der Waals surface area contributed by atoms with E-state index in [-0.39, 0.29) is 22.5 Å². The molecule has 122 valence electrons. The smallest absolute Gasteiger partial charge is 0.337 e. The molecule has 0 aromatic heterocycles. The number of carbonyl (C=O) groups excluding carboxylic acids is 1. The van der Waals surface area contributed by atoms with Crippen LogP contribution in [0.3, 0.4) is 0 Å². The van der Waals surface area contributed by atoms with Crippen molar-refractivity contribution < 1.29 is 17.9 Å². The Morgan fingerprint density at radius 2 is 1.86 bits per heavy atom. The van der Waals surface area contributed by atoms with Crippen molar-refractivity contribution in [3.63, 3.8) is 0 Å². The van der Waals surface area contributed by atoms with Crippen LogP contribution in [0.4, 0.5) is 0 Å². The third-order valence-electron chi connectivity index (χ3n) is 3.75. The first kappa shape index (κ1) is 16.9. The van der Waals surface area contributed by atoms with Crippen LogP contribution < -0.4 is 5.32 Å². The van der Waals surface area contributed by atoms with E-state index in [1.165, 1.54) is 17.5 Å². The number of carbonyl (C=O) groups is 1. The number of benzene rings is 1. The molecule has 22 heavy (non-hydrogen) atoms. The number of piperazine rings is 1. The molecule has 2 rings (SSSR count). The van der Waals surface area contributed by atoms with Crippen molar-refractivity contribution in [1.29, 1.82) is 0 Å². The Hall–Kier alpha value is -1.44. The second kappa shape index (κ2) is 6.36. The fraction of sp³-hybridized carbons (Fsp3) is 0.533. The monoisotopic (exact) mass is 326 g/mol. The first-order valence-electron chi connectivity index (χ1n) is 7.21. The number of hydrogen-bond donors (Lipinski definition) is 1. The van der Waals surface area contributed by atoms with E-state index in [0.717, 1.165) is 0 Å². The summed E-state index contributed by atoms with van der Waals surface area (Å²) >= 11 is 0. The number of esters is 1. The van der Waals surface area contributed by atoms with Crippen molar-refractivity contribution in [3.05, 3.63) is 29.3 Å². The second-order valence-corrected chi connectivity index (χ2v) is 7.67. The standard InChI is InChI=1S/C15H22N2O4S/c1-10-5-6-13(15(18)21-4)7-14(10)22(19,20)17-8-11(2)16-12(3)9-17/h5-7,11-12,16H,8-9H2,1-4H3. The lowest BCUT2D eigenvalue weighted by Gasteiger charge is -2.35. The van der Waals surface area contributed by atoms with E-state index in [1.54, 1.807) is 19.1 Å². The SMILES string of the molecule is COC(=O)c1ccc(C)c(S(=O)(=O)N2CC(C)NC(C)C2)c1. The lowest BCUT2D eigenvalue weighted by molar-refractivity contribution is 0.0600. The van der Waals surface area contributed by atoms with Gasteiger partial charge < -0.3 is 10.1 Å². The molecule has 1 aromatic rings. The number of sulfonamides is 1. The van der Waals surface area contributed by atoms with E-state index >= 15 is 0 Å². The molecule has 1 aliphatic heterocycles. The van der Waals surface area contributed by atoms with E-state index in [4.69, 9.17) is 0 Å². The fourth-order valence-electron chi connectivity index (χ4n) is 2.73. The van der Waals surface area contributed by atoms with E-state index < -0.39 is 16.0 Å². The van der Waals surface area contributed by atoms with Gasteiger partial charge in [-0.25, -0.2) is 13.2 Å². The summed E-state index contributed by atoms with van der Waals surface area (Å²) in [6.07, 6.45) is 0. The average Bonchev–Trinajstić information content (AvgIpc) is 2.45. The van der Waals surface area contributed by atoms with Crippen molar-refractivity contribution in [2.24, 2.45) is 0 Å². The van der Waals surface area contributed by atoms with Gasteiger partial charge in [-0.15, -0.1) is 0 Å². The number of aryl methyl sites for hydroxylation is 1. The largest absolute Gasteiger partial charge is 0.465 e. The van der Waals surface area contributed by atoms with Crippen LogP contribution in [0.1, 0.15) is 29.8 Å². The predicted octanol–water partition coefficient (Wildman–Crippen LogP) is 1.15. The molecule has 1 N–H and O–H groups in total. The molecular formula is C15H22N2O4S. The van der Waals surface area contributed by atoms with E-state index in [0.29, 0.717) is 18.7 Å². The molecule has 0 spiro atoms. The zero-order valence-electron chi connectivity index (χ0n) is 13.3. The van der Waals surface area contributed by atoms with Crippen molar-refractivity contribution >= 4 is 16.0 Å². The summed E-state index contributed by atoms with van der Waals surface area (Å²) in [5.41, 5.74) is 0.856. The summed E-state index contributed by atoms with van der Waals surface area (Å²) < 4.78 is 32.0. The fourth-order valence-corrected chi connectivity index (χ4v) is 4.60. The molecule has 0 aliphatic carbocycles.